The first-order chi connectivity index (χ1) is 17.8. The second-order valence-corrected chi connectivity index (χ2v) is 9.96. The van der Waals surface area contributed by atoms with Gasteiger partial charge in [0.2, 0.25) is 11.8 Å². The average molecular weight is 516 g/mol. The maximum atomic E-state index is 13.1. The molecule has 0 atom stereocenters. The zero-order valence-electron chi connectivity index (χ0n) is 19.8. The van der Waals surface area contributed by atoms with Crippen molar-refractivity contribution in [3.63, 3.8) is 0 Å². The molecule has 0 aliphatic heterocycles. The van der Waals surface area contributed by atoms with E-state index in [1.165, 1.54) is 31.2 Å². The first-order valence-electron chi connectivity index (χ1n) is 11.6. The smallest absolute Gasteiger partial charge is 0.240 e. The van der Waals surface area contributed by atoms with Crippen LogP contribution in [0.25, 0.3) is 10.9 Å². The molecule has 0 saturated heterocycles. The lowest BCUT2D eigenvalue weighted by molar-refractivity contribution is -0.131. The molecule has 0 bridgehead atoms. The van der Waals surface area contributed by atoms with Gasteiger partial charge >= 0.3 is 0 Å². The van der Waals surface area contributed by atoms with Gasteiger partial charge in [-0.05, 0) is 85.6 Å². The minimum atomic E-state index is -1.14. The van der Waals surface area contributed by atoms with Gasteiger partial charge < -0.3 is 15.4 Å². The number of amides is 2. The lowest BCUT2D eigenvalue weighted by atomic mass is 10.0. The number of nitrogens with one attached hydrogen (secondary N) is 2. The Labute approximate surface area is 216 Å². The Morgan fingerprint density at radius 2 is 1.51 bits per heavy atom. The van der Waals surface area contributed by atoms with Crippen LogP contribution in [0.1, 0.15) is 19.8 Å². The summed E-state index contributed by atoms with van der Waals surface area (Å²) in [6.45, 7) is 1.52. The van der Waals surface area contributed by atoms with E-state index in [1.807, 2.05) is 18.2 Å². The third-order valence-corrected chi connectivity index (χ3v) is 6.77. The summed E-state index contributed by atoms with van der Waals surface area (Å²) in [5.41, 5.74) is 0.536. The summed E-state index contributed by atoms with van der Waals surface area (Å²) in [5.74, 6) is -0.0381. The quantitative estimate of drug-likeness (QED) is 0.226. The molecule has 0 radical (unpaired) electrons. The van der Waals surface area contributed by atoms with Gasteiger partial charge in [0.25, 0.3) is 0 Å². The molecule has 4 aromatic rings. The molecule has 5 rings (SSSR count). The minimum Gasteiger partial charge on any atom is -0.457 e. The van der Waals surface area contributed by atoms with Gasteiger partial charge in [0.05, 0.1) is 5.52 Å². The summed E-state index contributed by atoms with van der Waals surface area (Å²) in [5, 5.41) is 6.30. The Morgan fingerprint density at radius 3 is 2.11 bits per heavy atom. The first-order valence-corrected chi connectivity index (χ1v) is 12.4. The zero-order valence-corrected chi connectivity index (χ0v) is 20.6. The Hall–Kier alpha value is -4.24. The molecule has 186 valence electrons. The second-order valence-electron chi connectivity index (χ2n) is 8.71. The van der Waals surface area contributed by atoms with Crippen LogP contribution in [0.15, 0.2) is 83.9 Å². The zero-order chi connectivity index (χ0) is 26.0. The molecule has 0 unspecified atom stereocenters. The second kappa shape index (κ2) is 10.0. The van der Waals surface area contributed by atoms with Crippen LogP contribution in [-0.4, -0.2) is 21.9 Å². The minimum absolute atomic E-state index is 0.0000456. The molecule has 2 N–H and O–H groups in total. The van der Waals surface area contributed by atoms with E-state index in [2.05, 4.69) is 15.6 Å². The maximum absolute atomic E-state index is 13.1. The summed E-state index contributed by atoms with van der Waals surface area (Å²) >= 11 is 1.15. The predicted octanol–water partition coefficient (Wildman–Crippen LogP) is 6.16. The number of carbonyl (C=O) groups excluding carboxylic acids is 3. The number of benzene rings is 3. The SMILES string of the molecule is CC(=O)Sc1ccc2c(Oc3ccc(NC(=O)C4(C(=O)Nc5ccc(F)cc5)CC4)cc3)ccnc2c1. The van der Waals surface area contributed by atoms with Crippen LogP contribution in [0.2, 0.25) is 0 Å². The molecule has 1 aliphatic rings. The summed E-state index contributed by atoms with van der Waals surface area (Å²) in [6.07, 6.45) is 2.52. The Balaban J connectivity index is 1.24. The van der Waals surface area contributed by atoms with Gasteiger partial charge in [0, 0.05) is 34.8 Å². The van der Waals surface area contributed by atoms with Gasteiger partial charge in [-0.2, -0.15) is 0 Å². The van der Waals surface area contributed by atoms with Crippen LogP contribution in [0, 0.1) is 11.2 Å². The van der Waals surface area contributed by atoms with Gasteiger partial charge in [0.15, 0.2) is 5.12 Å². The molecule has 0 spiro atoms. The number of pyridine rings is 1. The van der Waals surface area contributed by atoms with E-state index < -0.39 is 17.1 Å². The topological polar surface area (TPSA) is 97.4 Å². The molecule has 1 fully saturated rings. The van der Waals surface area contributed by atoms with Crippen LogP contribution >= 0.6 is 11.8 Å². The van der Waals surface area contributed by atoms with Crippen LogP contribution in [0.5, 0.6) is 11.5 Å². The number of thioether (sulfide) groups is 1. The number of carbonyl (C=O) groups is 3. The van der Waals surface area contributed by atoms with E-state index in [1.54, 1.807) is 36.5 Å². The van der Waals surface area contributed by atoms with Gasteiger partial charge in [-0.25, -0.2) is 4.39 Å². The van der Waals surface area contributed by atoms with Crippen LogP contribution in [-0.2, 0) is 14.4 Å². The van der Waals surface area contributed by atoms with Crippen LogP contribution in [0.4, 0.5) is 15.8 Å². The lowest BCUT2D eigenvalue weighted by Crippen LogP contribution is -2.35. The maximum Gasteiger partial charge on any atom is 0.240 e. The van der Waals surface area contributed by atoms with Gasteiger partial charge in [-0.1, -0.05) is 11.8 Å². The van der Waals surface area contributed by atoms with Crippen molar-refractivity contribution in [1.29, 1.82) is 0 Å². The monoisotopic (exact) mass is 515 g/mol. The summed E-state index contributed by atoms with van der Waals surface area (Å²) in [6, 6.07) is 19.6. The number of fused-ring (bicyclic) bond motifs is 1. The number of hydrogen-bond acceptors (Lipinski definition) is 6. The largest absolute Gasteiger partial charge is 0.457 e. The van der Waals surface area contributed by atoms with E-state index in [9.17, 15) is 18.8 Å². The average Bonchev–Trinajstić information content (AvgIpc) is 3.69. The number of hydrogen-bond donors (Lipinski definition) is 2. The summed E-state index contributed by atoms with van der Waals surface area (Å²) < 4.78 is 19.2. The third kappa shape index (κ3) is 5.46. The highest BCUT2D eigenvalue weighted by Gasteiger charge is 2.56. The molecule has 1 aromatic heterocycles. The molecule has 1 aliphatic carbocycles. The molecule has 1 heterocycles. The number of nitrogens with zero attached hydrogens (tertiary/aromatic N) is 1. The molecular formula is C28H22FN3O4S. The van der Waals surface area contributed by atoms with E-state index in [-0.39, 0.29) is 11.0 Å². The van der Waals surface area contributed by atoms with E-state index in [4.69, 9.17) is 4.74 Å². The van der Waals surface area contributed by atoms with Crippen molar-refractivity contribution >= 4 is 51.0 Å². The molecule has 37 heavy (non-hydrogen) atoms. The van der Waals surface area contributed by atoms with Crippen molar-refractivity contribution in [2.75, 3.05) is 10.6 Å². The lowest BCUT2D eigenvalue weighted by Gasteiger charge is -2.16. The number of halogens is 1. The molecule has 7 nitrogen and oxygen atoms in total. The van der Waals surface area contributed by atoms with Crippen molar-refractivity contribution in [2.24, 2.45) is 5.41 Å². The normalized spacial score (nSPS) is 13.6. The summed E-state index contributed by atoms with van der Waals surface area (Å²) in [4.78, 5) is 42.2. The third-order valence-electron chi connectivity index (χ3n) is 6.00. The molecule has 1 saturated carbocycles. The highest BCUT2D eigenvalue weighted by Crippen LogP contribution is 2.47. The highest BCUT2D eigenvalue weighted by molar-refractivity contribution is 8.13. The van der Waals surface area contributed by atoms with Crippen molar-refractivity contribution in [1.82, 2.24) is 4.98 Å². The highest BCUT2D eigenvalue weighted by atomic mass is 32.2. The van der Waals surface area contributed by atoms with Crippen molar-refractivity contribution in [3.8, 4) is 11.5 Å². The van der Waals surface area contributed by atoms with Crippen LogP contribution < -0.4 is 15.4 Å². The molecule has 2 amide bonds. The Bertz CT molecular complexity index is 1500. The van der Waals surface area contributed by atoms with Crippen molar-refractivity contribution in [3.05, 3.63) is 84.8 Å². The van der Waals surface area contributed by atoms with E-state index >= 15 is 0 Å². The summed E-state index contributed by atoms with van der Waals surface area (Å²) in [7, 11) is 0. The van der Waals surface area contributed by atoms with Gasteiger partial charge in [0.1, 0.15) is 22.7 Å². The number of rotatable bonds is 7. The molecular weight excluding hydrogens is 493 g/mol. The first kappa shape index (κ1) is 24.5. The Kier molecular flexibility index (Phi) is 6.62. The number of anilines is 2. The van der Waals surface area contributed by atoms with Crippen molar-refractivity contribution < 1.29 is 23.5 Å². The van der Waals surface area contributed by atoms with E-state index in [0.717, 1.165) is 22.0 Å². The fraction of sp³-hybridized carbons (Fsp3) is 0.143. The fourth-order valence-electron chi connectivity index (χ4n) is 3.87. The van der Waals surface area contributed by atoms with E-state index in [0.29, 0.717) is 41.2 Å². The van der Waals surface area contributed by atoms with Gasteiger partial charge in [-0.15, -0.1) is 0 Å². The fourth-order valence-corrected chi connectivity index (χ4v) is 4.51. The molecule has 3 aromatic carbocycles. The number of aromatic nitrogens is 1. The van der Waals surface area contributed by atoms with Gasteiger partial charge in [-0.3, -0.25) is 19.4 Å². The standard InChI is InChI=1S/C28H22FN3O4S/c1-17(33)37-22-10-11-23-24(16-22)30-15-12-25(23)36-21-8-6-20(7-9-21)32-27(35)28(13-14-28)26(34)31-19-4-2-18(29)3-5-19/h2-12,15-16H,13-14H2,1H3,(H,31,34)(H,32,35). The number of ether oxygens (including phenoxy) is 1. The van der Waals surface area contributed by atoms with Crippen LogP contribution in [0.3, 0.4) is 0 Å². The Morgan fingerprint density at radius 1 is 0.892 bits per heavy atom. The van der Waals surface area contributed by atoms with Crippen molar-refractivity contribution in [2.45, 2.75) is 24.7 Å². The predicted molar refractivity (Wildman–Crippen MR) is 140 cm³/mol. The molecule has 9 heteroatoms.